The second-order valence-electron chi connectivity index (χ2n) is 5.82. The van der Waals surface area contributed by atoms with E-state index in [1.54, 1.807) is 30.3 Å². The van der Waals surface area contributed by atoms with Crippen molar-refractivity contribution < 1.29 is 9.59 Å². The number of amides is 2. The van der Waals surface area contributed by atoms with Crippen LogP contribution in [0.4, 0.5) is 5.69 Å². The number of hydrogen-bond donors (Lipinski definition) is 2. The van der Waals surface area contributed by atoms with Gasteiger partial charge in [0.05, 0.1) is 0 Å². The van der Waals surface area contributed by atoms with Crippen molar-refractivity contribution in [3.05, 3.63) is 63.2 Å². The molecule has 0 heterocycles. The van der Waals surface area contributed by atoms with Gasteiger partial charge in [-0.25, -0.2) is 0 Å². The Morgan fingerprint density at radius 1 is 0.962 bits per heavy atom. The van der Waals surface area contributed by atoms with Gasteiger partial charge in [-0.05, 0) is 78.1 Å². The molecular formula is C20H24IN3O2. The number of benzene rings is 2. The van der Waals surface area contributed by atoms with Crippen LogP contribution < -0.4 is 10.6 Å². The summed E-state index contributed by atoms with van der Waals surface area (Å²) in [6.07, 6.45) is 0. The molecule has 0 saturated heterocycles. The highest BCUT2D eigenvalue weighted by atomic mass is 127. The fourth-order valence-electron chi connectivity index (χ4n) is 2.51. The third kappa shape index (κ3) is 6.10. The lowest BCUT2D eigenvalue weighted by Gasteiger charge is -2.18. The third-order valence-electron chi connectivity index (χ3n) is 4.10. The van der Waals surface area contributed by atoms with E-state index in [1.807, 2.05) is 18.2 Å². The van der Waals surface area contributed by atoms with Crippen molar-refractivity contribution >= 4 is 40.1 Å². The van der Waals surface area contributed by atoms with Gasteiger partial charge in [0.1, 0.15) is 0 Å². The van der Waals surface area contributed by atoms with Gasteiger partial charge in [-0.15, -0.1) is 0 Å². The van der Waals surface area contributed by atoms with Crippen LogP contribution in [0, 0.1) is 3.57 Å². The Labute approximate surface area is 168 Å². The first kappa shape index (κ1) is 20.4. The van der Waals surface area contributed by atoms with Crippen LogP contribution >= 0.6 is 22.6 Å². The zero-order chi connectivity index (χ0) is 18.9. The summed E-state index contributed by atoms with van der Waals surface area (Å²) >= 11 is 2.17. The minimum Gasteiger partial charge on any atom is -0.351 e. The number of carbonyl (C=O) groups excluding carboxylic acids is 2. The van der Waals surface area contributed by atoms with Crippen molar-refractivity contribution in [2.75, 3.05) is 31.5 Å². The number of nitrogens with one attached hydrogen (secondary N) is 2. The standard InChI is InChI=1S/C20H24IN3O2/c1-3-24(4-2)13-12-22-19(25)15-8-10-18(11-9-15)23-20(26)16-6-5-7-17(21)14-16/h5-11,14H,3-4,12-13H2,1-2H3,(H,22,25)(H,23,26). The molecule has 138 valence electrons. The predicted octanol–water partition coefficient (Wildman–Crippen LogP) is 3.62. The average Bonchev–Trinajstić information content (AvgIpc) is 2.65. The lowest BCUT2D eigenvalue weighted by atomic mass is 10.1. The Hall–Kier alpha value is -1.93. The first-order chi connectivity index (χ1) is 12.5. The van der Waals surface area contributed by atoms with Crippen molar-refractivity contribution in [3.63, 3.8) is 0 Å². The van der Waals surface area contributed by atoms with E-state index < -0.39 is 0 Å². The summed E-state index contributed by atoms with van der Waals surface area (Å²) in [7, 11) is 0. The first-order valence-electron chi connectivity index (χ1n) is 8.71. The fourth-order valence-corrected chi connectivity index (χ4v) is 3.05. The van der Waals surface area contributed by atoms with Gasteiger partial charge in [0.2, 0.25) is 0 Å². The van der Waals surface area contributed by atoms with E-state index in [-0.39, 0.29) is 11.8 Å². The number of likely N-dealkylation sites (N-methyl/N-ethyl adjacent to an activating group) is 1. The summed E-state index contributed by atoms with van der Waals surface area (Å²) in [6, 6.07) is 14.3. The molecule has 2 aromatic carbocycles. The van der Waals surface area contributed by atoms with Gasteiger partial charge in [-0.3, -0.25) is 9.59 Å². The van der Waals surface area contributed by atoms with Gasteiger partial charge in [-0.1, -0.05) is 19.9 Å². The molecule has 0 aromatic heterocycles. The zero-order valence-corrected chi connectivity index (χ0v) is 17.2. The van der Waals surface area contributed by atoms with Crippen molar-refractivity contribution in [1.82, 2.24) is 10.2 Å². The molecule has 0 aliphatic carbocycles. The minimum absolute atomic E-state index is 0.104. The highest BCUT2D eigenvalue weighted by Gasteiger charge is 2.09. The number of anilines is 1. The molecule has 2 aromatic rings. The van der Waals surface area contributed by atoms with E-state index in [0.717, 1.165) is 23.2 Å². The van der Waals surface area contributed by atoms with Crippen LogP contribution in [0.3, 0.4) is 0 Å². The van der Waals surface area contributed by atoms with Crippen LogP contribution in [0.15, 0.2) is 48.5 Å². The van der Waals surface area contributed by atoms with E-state index >= 15 is 0 Å². The highest BCUT2D eigenvalue weighted by Crippen LogP contribution is 2.13. The van der Waals surface area contributed by atoms with E-state index in [2.05, 4.69) is 52.0 Å². The topological polar surface area (TPSA) is 61.4 Å². The molecule has 0 spiro atoms. The maximum atomic E-state index is 12.2. The fraction of sp³-hybridized carbons (Fsp3) is 0.300. The Bertz CT molecular complexity index is 743. The number of hydrogen-bond acceptors (Lipinski definition) is 3. The molecular weight excluding hydrogens is 441 g/mol. The molecule has 5 nitrogen and oxygen atoms in total. The predicted molar refractivity (Wildman–Crippen MR) is 114 cm³/mol. The van der Waals surface area contributed by atoms with Crippen LogP contribution in [0.1, 0.15) is 34.6 Å². The Kier molecular flexibility index (Phi) is 8.06. The largest absolute Gasteiger partial charge is 0.351 e. The minimum atomic E-state index is -0.167. The van der Waals surface area contributed by atoms with E-state index in [9.17, 15) is 9.59 Å². The lowest BCUT2D eigenvalue weighted by molar-refractivity contribution is 0.0948. The van der Waals surface area contributed by atoms with Gasteiger partial charge in [0.25, 0.3) is 11.8 Å². The Morgan fingerprint density at radius 2 is 1.65 bits per heavy atom. The van der Waals surface area contributed by atoms with Gasteiger partial charge >= 0.3 is 0 Å². The number of carbonyl (C=O) groups is 2. The molecule has 0 saturated carbocycles. The molecule has 0 aliphatic rings. The molecule has 0 fully saturated rings. The maximum Gasteiger partial charge on any atom is 0.255 e. The van der Waals surface area contributed by atoms with Crippen LogP contribution in [-0.4, -0.2) is 42.9 Å². The van der Waals surface area contributed by atoms with Crippen LogP contribution in [-0.2, 0) is 0 Å². The van der Waals surface area contributed by atoms with Crippen molar-refractivity contribution in [2.45, 2.75) is 13.8 Å². The molecule has 26 heavy (non-hydrogen) atoms. The first-order valence-corrected chi connectivity index (χ1v) is 9.79. The van der Waals surface area contributed by atoms with Crippen molar-refractivity contribution in [1.29, 1.82) is 0 Å². The Morgan fingerprint density at radius 3 is 2.27 bits per heavy atom. The van der Waals surface area contributed by atoms with E-state index in [0.29, 0.717) is 23.4 Å². The Balaban J connectivity index is 1.89. The third-order valence-corrected chi connectivity index (χ3v) is 4.77. The maximum absolute atomic E-state index is 12.2. The molecule has 2 rings (SSSR count). The number of rotatable bonds is 8. The second-order valence-corrected chi connectivity index (χ2v) is 7.07. The molecule has 0 atom stereocenters. The zero-order valence-electron chi connectivity index (χ0n) is 15.1. The van der Waals surface area contributed by atoms with Crippen LogP contribution in [0.2, 0.25) is 0 Å². The van der Waals surface area contributed by atoms with Crippen molar-refractivity contribution in [2.24, 2.45) is 0 Å². The van der Waals surface area contributed by atoms with Crippen LogP contribution in [0.5, 0.6) is 0 Å². The molecule has 2 amide bonds. The molecule has 6 heteroatoms. The smallest absolute Gasteiger partial charge is 0.255 e. The number of nitrogens with zero attached hydrogens (tertiary/aromatic N) is 1. The van der Waals surface area contributed by atoms with Gasteiger partial charge in [0.15, 0.2) is 0 Å². The number of halogens is 1. The highest BCUT2D eigenvalue weighted by molar-refractivity contribution is 14.1. The van der Waals surface area contributed by atoms with Gasteiger partial charge in [-0.2, -0.15) is 0 Å². The quantitative estimate of drug-likeness (QED) is 0.586. The van der Waals surface area contributed by atoms with Crippen LogP contribution in [0.25, 0.3) is 0 Å². The normalized spacial score (nSPS) is 10.6. The van der Waals surface area contributed by atoms with Crippen molar-refractivity contribution in [3.8, 4) is 0 Å². The van der Waals surface area contributed by atoms with E-state index in [4.69, 9.17) is 0 Å². The summed E-state index contributed by atoms with van der Waals surface area (Å²) in [5.41, 5.74) is 1.85. The van der Waals surface area contributed by atoms with E-state index in [1.165, 1.54) is 0 Å². The summed E-state index contributed by atoms with van der Waals surface area (Å²) in [6.45, 7) is 7.61. The summed E-state index contributed by atoms with van der Waals surface area (Å²) in [4.78, 5) is 26.7. The van der Waals surface area contributed by atoms with Gasteiger partial charge < -0.3 is 15.5 Å². The lowest BCUT2D eigenvalue weighted by Crippen LogP contribution is -2.34. The molecule has 0 radical (unpaired) electrons. The monoisotopic (exact) mass is 465 g/mol. The molecule has 2 N–H and O–H groups in total. The average molecular weight is 465 g/mol. The summed E-state index contributed by atoms with van der Waals surface area (Å²) in [5.74, 6) is -0.271. The summed E-state index contributed by atoms with van der Waals surface area (Å²) in [5, 5.41) is 5.77. The van der Waals surface area contributed by atoms with Gasteiger partial charge in [0, 0.05) is 33.5 Å². The second kappa shape index (κ2) is 10.3. The molecule has 0 unspecified atom stereocenters. The molecule has 0 bridgehead atoms. The SMILES string of the molecule is CCN(CC)CCNC(=O)c1ccc(NC(=O)c2cccc(I)c2)cc1. The summed E-state index contributed by atoms with van der Waals surface area (Å²) < 4.78 is 1.01. The molecule has 0 aliphatic heterocycles.